The van der Waals surface area contributed by atoms with Gasteiger partial charge in [0.2, 0.25) is 0 Å². The van der Waals surface area contributed by atoms with Crippen LogP contribution >= 0.6 is 0 Å². The van der Waals surface area contributed by atoms with E-state index in [2.05, 4.69) is 19.1 Å². The molecule has 3 aliphatic rings. The molecule has 0 spiro atoms. The second-order valence-corrected chi connectivity index (χ2v) is 11.1. The fourth-order valence-electron chi connectivity index (χ4n) is 5.54. The predicted molar refractivity (Wildman–Crippen MR) is 148 cm³/mol. The largest absolute Gasteiger partial charge is 0.446 e. The van der Waals surface area contributed by atoms with E-state index in [9.17, 15) is 9.59 Å². The van der Waals surface area contributed by atoms with Gasteiger partial charge in [0, 0.05) is 42.5 Å². The van der Waals surface area contributed by atoms with Gasteiger partial charge in [-0.25, -0.2) is 18.7 Å². The Bertz CT molecular complexity index is 1660. The zero-order valence-electron chi connectivity index (χ0n) is 22.5. The van der Waals surface area contributed by atoms with E-state index in [4.69, 9.17) is 14.8 Å². The summed E-state index contributed by atoms with van der Waals surface area (Å²) in [6.07, 6.45) is 4.05. The van der Waals surface area contributed by atoms with Crippen molar-refractivity contribution in [2.75, 3.05) is 18.5 Å². The van der Waals surface area contributed by atoms with E-state index in [0.717, 1.165) is 37.8 Å². The number of benzene rings is 2. The van der Waals surface area contributed by atoms with E-state index in [1.54, 1.807) is 29.8 Å². The van der Waals surface area contributed by atoms with Crippen LogP contribution in [0.3, 0.4) is 0 Å². The van der Waals surface area contributed by atoms with Gasteiger partial charge in [0.1, 0.15) is 17.6 Å². The van der Waals surface area contributed by atoms with Gasteiger partial charge < -0.3 is 9.64 Å². The first-order valence-electron chi connectivity index (χ1n) is 13.9. The quantitative estimate of drug-likeness (QED) is 0.315. The highest BCUT2D eigenvalue weighted by atomic mass is 19.1. The number of hydrogen-bond acceptors (Lipinski definition) is 5. The molecule has 0 radical (unpaired) electrons. The van der Waals surface area contributed by atoms with Crippen molar-refractivity contribution in [3.8, 4) is 11.3 Å². The lowest BCUT2D eigenvalue weighted by atomic mass is 9.93. The summed E-state index contributed by atoms with van der Waals surface area (Å²) in [6.45, 7) is 2.69. The molecule has 2 saturated carbocycles. The van der Waals surface area contributed by atoms with Crippen molar-refractivity contribution in [2.24, 2.45) is 0 Å². The number of rotatable bonds is 5. The molecule has 204 valence electrons. The van der Waals surface area contributed by atoms with E-state index in [1.807, 2.05) is 23.1 Å². The monoisotopic (exact) mass is 539 g/mol. The summed E-state index contributed by atoms with van der Waals surface area (Å²) in [5, 5.41) is 4.70. The summed E-state index contributed by atoms with van der Waals surface area (Å²) < 4.78 is 22.4. The van der Waals surface area contributed by atoms with E-state index in [1.165, 1.54) is 22.1 Å². The average Bonchev–Trinajstić information content (AvgIpc) is 3.90. The Morgan fingerprint density at radius 2 is 1.85 bits per heavy atom. The first kappa shape index (κ1) is 24.7. The highest BCUT2D eigenvalue weighted by Gasteiger charge is 2.33. The van der Waals surface area contributed by atoms with E-state index in [0.29, 0.717) is 40.7 Å². The van der Waals surface area contributed by atoms with Gasteiger partial charge in [-0.15, -0.1) is 0 Å². The third-order valence-corrected chi connectivity index (χ3v) is 8.21. The lowest BCUT2D eigenvalue weighted by Gasteiger charge is -2.35. The van der Waals surface area contributed by atoms with Gasteiger partial charge in [-0.3, -0.25) is 9.69 Å². The average molecular weight is 540 g/mol. The minimum absolute atomic E-state index is 0.0316. The number of anilines is 1. The second-order valence-electron chi connectivity index (χ2n) is 11.1. The van der Waals surface area contributed by atoms with Crippen LogP contribution in [-0.4, -0.2) is 51.2 Å². The predicted octanol–water partition coefficient (Wildman–Crippen LogP) is 5.91. The fraction of sp³-hybridized carbons (Fsp3) is 0.355. The van der Waals surface area contributed by atoms with E-state index >= 15 is 4.39 Å². The van der Waals surface area contributed by atoms with Crippen LogP contribution in [0.5, 0.6) is 0 Å². The molecule has 0 saturated heterocycles. The summed E-state index contributed by atoms with van der Waals surface area (Å²) in [5.74, 6) is -0.314. The molecule has 9 heteroatoms. The molecule has 0 unspecified atom stereocenters. The smallest absolute Gasteiger partial charge is 0.414 e. The Kier molecular flexibility index (Phi) is 5.83. The Labute approximate surface area is 231 Å². The third-order valence-electron chi connectivity index (χ3n) is 8.21. The molecular formula is C31H30FN5O3. The number of carbonyl (C=O) groups is 2. The number of aromatic nitrogens is 3. The van der Waals surface area contributed by atoms with Crippen LogP contribution in [0.2, 0.25) is 0 Å². The Morgan fingerprint density at radius 1 is 1.05 bits per heavy atom. The van der Waals surface area contributed by atoms with Gasteiger partial charge in [-0.1, -0.05) is 24.3 Å². The molecule has 2 fully saturated rings. The van der Waals surface area contributed by atoms with Crippen LogP contribution < -0.4 is 4.90 Å². The van der Waals surface area contributed by atoms with Crippen molar-refractivity contribution in [3.05, 3.63) is 82.9 Å². The topological polar surface area (TPSA) is 80.0 Å². The molecule has 0 bridgehead atoms. The van der Waals surface area contributed by atoms with Crippen molar-refractivity contribution in [3.63, 3.8) is 0 Å². The molecule has 4 aromatic rings. The van der Waals surface area contributed by atoms with Gasteiger partial charge in [0.25, 0.3) is 5.91 Å². The number of nitrogens with zero attached hydrogens (tertiary/aromatic N) is 5. The second kappa shape index (κ2) is 9.43. The van der Waals surface area contributed by atoms with Crippen LogP contribution in [0, 0.1) is 5.82 Å². The summed E-state index contributed by atoms with van der Waals surface area (Å²) in [4.78, 5) is 33.9. The molecule has 2 aromatic heterocycles. The molecule has 40 heavy (non-hydrogen) atoms. The maximum atomic E-state index is 15.3. The molecule has 1 atom stereocenters. The molecule has 7 rings (SSSR count). The van der Waals surface area contributed by atoms with Gasteiger partial charge >= 0.3 is 6.09 Å². The minimum atomic E-state index is -0.503. The van der Waals surface area contributed by atoms with Crippen molar-refractivity contribution in [1.29, 1.82) is 0 Å². The minimum Gasteiger partial charge on any atom is -0.446 e. The highest BCUT2D eigenvalue weighted by molar-refractivity contribution is 5.93. The fourth-order valence-corrected chi connectivity index (χ4v) is 5.54. The number of ether oxygens (including phenoxy) is 1. The number of carbonyl (C=O) groups excluding carboxylic acids is 2. The van der Waals surface area contributed by atoms with Gasteiger partial charge in [0.05, 0.1) is 11.7 Å². The Balaban J connectivity index is 1.20. The molecule has 2 aliphatic carbocycles. The molecule has 1 aliphatic heterocycles. The third kappa shape index (κ3) is 4.39. The lowest BCUT2D eigenvalue weighted by Crippen LogP contribution is -2.39. The van der Waals surface area contributed by atoms with Crippen LogP contribution in [0.25, 0.3) is 16.9 Å². The summed E-state index contributed by atoms with van der Waals surface area (Å²) >= 11 is 0. The standard InChI is InChI=1S/C31H30FN5O3/c1-18-23-6-4-3-5-19(23)13-14-36(18)30(38)27-16-28(20-7-8-20)37-29(33-27)17-26(34-37)24-12-9-21(15-25(24)32)35(2)31(39)40-22-10-11-22/h3-6,9,12,15-18,20,22H,7-8,10-11,13-14H2,1-2H3/t18-/m1/s1. The normalized spacial score (nSPS) is 18.5. The van der Waals surface area contributed by atoms with Crippen molar-refractivity contribution >= 4 is 23.3 Å². The summed E-state index contributed by atoms with van der Waals surface area (Å²) in [7, 11) is 1.57. The maximum Gasteiger partial charge on any atom is 0.414 e. The van der Waals surface area contributed by atoms with E-state index < -0.39 is 11.9 Å². The van der Waals surface area contributed by atoms with Crippen LogP contribution in [0.15, 0.2) is 54.6 Å². The summed E-state index contributed by atoms with van der Waals surface area (Å²) in [6, 6.07) is 16.4. The molecule has 8 nitrogen and oxygen atoms in total. The Hall–Kier alpha value is -4.27. The van der Waals surface area contributed by atoms with Gasteiger partial charge in [0.15, 0.2) is 5.65 Å². The highest BCUT2D eigenvalue weighted by Crippen LogP contribution is 2.41. The van der Waals surface area contributed by atoms with E-state index in [-0.39, 0.29) is 18.1 Å². The van der Waals surface area contributed by atoms with Crippen molar-refractivity contribution in [2.45, 2.75) is 57.1 Å². The molecule has 2 amide bonds. The number of amides is 2. The van der Waals surface area contributed by atoms with Gasteiger partial charge in [-0.05, 0) is 74.4 Å². The molecular weight excluding hydrogens is 509 g/mol. The number of hydrogen-bond donors (Lipinski definition) is 0. The first-order valence-corrected chi connectivity index (χ1v) is 13.9. The van der Waals surface area contributed by atoms with Crippen molar-refractivity contribution in [1.82, 2.24) is 19.5 Å². The zero-order valence-corrected chi connectivity index (χ0v) is 22.5. The number of halogens is 1. The SMILES string of the molecule is C[C@@H]1c2ccccc2CCN1C(=O)c1cc(C2CC2)n2nc(-c3ccc(N(C)C(=O)OC4CC4)cc3F)cc2n1. The summed E-state index contributed by atoms with van der Waals surface area (Å²) in [5.41, 5.74) is 5.39. The zero-order chi connectivity index (χ0) is 27.5. The molecule has 2 aromatic carbocycles. The van der Waals surface area contributed by atoms with Crippen molar-refractivity contribution < 1.29 is 18.7 Å². The lowest BCUT2D eigenvalue weighted by molar-refractivity contribution is 0.0671. The van der Waals surface area contributed by atoms with Gasteiger partial charge in [-0.2, -0.15) is 5.10 Å². The number of fused-ring (bicyclic) bond motifs is 2. The van der Waals surface area contributed by atoms with Crippen LogP contribution in [0.1, 0.15) is 71.9 Å². The Morgan fingerprint density at radius 3 is 2.60 bits per heavy atom. The van der Waals surface area contributed by atoms with Crippen LogP contribution in [0.4, 0.5) is 14.9 Å². The molecule has 0 N–H and O–H groups in total. The maximum absolute atomic E-state index is 15.3. The van der Waals surface area contributed by atoms with Crippen LogP contribution in [-0.2, 0) is 11.2 Å². The molecule has 3 heterocycles. The first-order chi connectivity index (χ1) is 19.4.